The van der Waals surface area contributed by atoms with E-state index in [4.69, 9.17) is 14.4 Å². The lowest BCUT2D eigenvalue weighted by Crippen LogP contribution is -2.14. The Morgan fingerprint density at radius 3 is 1.74 bits per heavy atom. The Bertz CT molecular complexity index is 3530. The van der Waals surface area contributed by atoms with Gasteiger partial charge in [0.15, 0.2) is 5.82 Å². The highest BCUT2D eigenvalue weighted by atomic mass is 16.3. The van der Waals surface area contributed by atoms with Crippen molar-refractivity contribution in [2.24, 2.45) is 0 Å². The maximum atomic E-state index is 6.45. The monoisotopic (exact) mass is 792 g/mol. The summed E-state index contributed by atoms with van der Waals surface area (Å²) in [5.41, 5.74) is 18.5. The first-order valence-corrected chi connectivity index (χ1v) is 21.3. The molecule has 2 aromatic heterocycles. The van der Waals surface area contributed by atoms with Crippen LogP contribution < -0.4 is 0 Å². The molecule has 0 aliphatic heterocycles. The van der Waals surface area contributed by atoms with Gasteiger partial charge in [-0.25, -0.2) is 9.97 Å². The maximum absolute atomic E-state index is 6.45. The lowest BCUT2D eigenvalue weighted by molar-refractivity contribution is 0.661. The van der Waals surface area contributed by atoms with Gasteiger partial charge in [0.05, 0.1) is 11.4 Å². The van der Waals surface area contributed by atoms with Crippen LogP contribution in [-0.2, 0) is 5.41 Å². The van der Waals surface area contributed by atoms with E-state index in [1.807, 2.05) is 30.3 Å². The van der Waals surface area contributed by atoms with E-state index >= 15 is 0 Å². The van der Waals surface area contributed by atoms with Crippen LogP contribution in [0.3, 0.4) is 0 Å². The quantitative estimate of drug-likeness (QED) is 0.168. The molecule has 0 spiro atoms. The van der Waals surface area contributed by atoms with Gasteiger partial charge in [0.2, 0.25) is 0 Å². The lowest BCUT2D eigenvalue weighted by atomic mass is 9.81. The zero-order chi connectivity index (χ0) is 41.4. The highest BCUT2D eigenvalue weighted by Crippen LogP contribution is 2.53. The van der Waals surface area contributed by atoms with Gasteiger partial charge in [0.1, 0.15) is 11.2 Å². The average Bonchev–Trinajstić information content (AvgIpc) is 3.82. The van der Waals surface area contributed by atoms with Gasteiger partial charge in [-0.15, -0.1) is 0 Å². The Labute approximate surface area is 360 Å². The molecule has 1 aliphatic rings. The third-order valence-corrected chi connectivity index (χ3v) is 12.9. The number of nitrogens with zero attached hydrogens (tertiary/aromatic N) is 2. The Morgan fingerprint density at radius 2 is 0.952 bits per heavy atom. The molecule has 0 N–H and O–H groups in total. The highest BCUT2D eigenvalue weighted by molar-refractivity contribution is 6.06. The number of benzene rings is 9. The molecule has 3 heteroatoms. The van der Waals surface area contributed by atoms with Crippen molar-refractivity contribution in [3.8, 4) is 78.4 Å². The first-order valence-electron chi connectivity index (χ1n) is 21.3. The van der Waals surface area contributed by atoms with Crippen molar-refractivity contribution in [3.05, 3.63) is 217 Å². The summed E-state index contributed by atoms with van der Waals surface area (Å²) in [6.45, 7) is 4.72. The summed E-state index contributed by atoms with van der Waals surface area (Å²) < 4.78 is 6.45. The molecule has 292 valence electrons. The zero-order valence-corrected chi connectivity index (χ0v) is 34.4. The minimum Gasteiger partial charge on any atom is -0.456 e. The van der Waals surface area contributed by atoms with E-state index in [-0.39, 0.29) is 5.41 Å². The van der Waals surface area contributed by atoms with E-state index < -0.39 is 0 Å². The molecular formula is C59H40N2O. The van der Waals surface area contributed by atoms with E-state index in [0.29, 0.717) is 5.82 Å². The number of aromatic nitrogens is 2. The molecule has 0 radical (unpaired) electrons. The third kappa shape index (κ3) is 5.96. The number of rotatable bonds is 6. The summed E-state index contributed by atoms with van der Waals surface area (Å²) in [5, 5.41) is 4.74. The Hall–Kier alpha value is -7.88. The van der Waals surface area contributed by atoms with E-state index in [1.54, 1.807) is 0 Å². The van der Waals surface area contributed by atoms with Crippen LogP contribution in [0.25, 0.3) is 111 Å². The van der Waals surface area contributed by atoms with Gasteiger partial charge in [-0.1, -0.05) is 166 Å². The minimum atomic E-state index is -0.167. The van der Waals surface area contributed by atoms with E-state index in [0.717, 1.165) is 66.7 Å². The largest absolute Gasteiger partial charge is 0.456 e. The Morgan fingerprint density at radius 1 is 0.355 bits per heavy atom. The summed E-state index contributed by atoms with van der Waals surface area (Å²) in [7, 11) is 0. The number of hydrogen-bond donors (Lipinski definition) is 0. The first-order chi connectivity index (χ1) is 30.4. The first kappa shape index (κ1) is 36.0. The normalized spacial score (nSPS) is 12.8. The third-order valence-electron chi connectivity index (χ3n) is 12.9. The van der Waals surface area contributed by atoms with Crippen LogP contribution in [0.2, 0.25) is 0 Å². The molecule has 9 aromatic carbocycles. The topological polar surface area (TPSA) is 38.9 Å². The van der Waals surface area contributed by atoms with Gasteiger partial charge < -0.3 is 4.42 Å². The molecule has 0 bridgehead atoms. The van der Waals surface area contributed by atoms with Crippen molar-refractivity contribution in [1.29, 1.82) is 0 Å². The average molecular weight is 793 g/mol. The summed E-state index contributed by atoms with van der Waals surface area (Å²) in [6, 6.07) is 73.8. The van der Waals surface area contributed by atoms with Crippen molar-refractivity contribution in [2.45, 2.75) is 19.3 Å². The number of fused-ring (bicyclic) bond motifs is 7. The summed E-state index contributed by atoms with van der Waals surface area (Å²) >= 11 is 0. The van der Waals surface area contributed by atoms with Gasteiger partial charge in [0, 0.05) is 32.9 Å². The maximum Gasteiger partial charge on any atom is 0.160 e. The highest BCUT2D eigenvalue weighted by Gasteiger charge is 2.37. The lowest BCUT2D eigenvalue weighted by Gasteiger charge is -2.22. The van der Waals surface area contributed by atoms with Crippen molar-refractivity contribution in [2.75, 3.05) is 0 Å². The van der Waals surface area contributed by atoms with Crippen LogP contribution in [0.15, 0.2) is 211 Å². The molecule has 0 atom stereocenters. The second-order valence-corrected chi connectivity index (χ2v) is 17.0. The molecule has 62 heavy (non-hydrogen) atoms. The van der Waals surface area contributed by atoms with Crippen LogP contribution in [0.4, 0.5) is 0 Å². The Kier molecular flexibility index (Phi) is 8.20. The predicted octanol–water partition coefficient (Wildman–Crippen LogP) is 15.8. The van der Waals surface area contributed by atoms with Gasteiger partial charge in [-0.3, -0.25) is 0 Å². The van der Waals surface area contributed by atoms with Crippen molar-refractivity contribution >= 4 is 32.7 Å². The fraction of sp³-hybridized carbons (Fsp3) is 0.0508. The van der Waals surface area contributed by atoms with Crippen LogP contribution in [0.1, 0.15) is 25.0 Å². The van der Waals surface area contributed by atoms with Gasteiger partial charge in [-0.2, -0.15) is 0 Å². The fourth-order valence-electron chi connectivity index (χ4n) is 9.64. The molecular weight excluding hydrogens is 753 g/mol. The Balaban J connectivity index is 1.08. The van der Waals surface area contributed by atoms with Crippen LogP contribution in [-0.4, -0.2) is 9.97 Å². The van der Waals surface area contributed by atoms with Gasteiger partial charge in [-0.05, 0) is 121 Å². The zero-order valence-electron chi connectivity index (χ0n) is 34.4. The van der Waals surface area contributed by atoms with Crippen LogP contribution in [0, 0.1) is 0 Å². The molecule has 11 aromatic rings. The molecule has 1 aliphatic carbocycles. The summed E-state index contributed by atoms with van der Waals surface area (Å²) in [4.78, 5) is 10.6. The van der Waals surface area contributed by atoms with Crippen molar-refractivity contribution in [1.82, 2.24) is 9.97 Å². The molecule has 0 fully saturated rings. The second-order valence-electron chi connectivity index (χ2n) is 17.0. The molecule has 3 nitrogen and oxygen atoms in total. The van der Waals surface area contributed by atoms with E-state index in [1.165, 1.54) is 49.7 Å². The van der Waals surface area contributed by atoms with E-state index in [2.05, 4.69) is 190 Å². The van der Waals surface area contributed by atoms with E-state index in [9.17, 15) is 0 Å². The van der Waals surface area contributed by atoms with Crippen LogP contribution in [0.5, 0.6) is 0 Å². The number of para-hydroxylation sites is 1. The molecule has 0 unspecified atom stereocenters. The second kappa shape index (κ2) is 14.1. The van der Waals surface area contributed by atoms with Crippen molar-refractivity contribution < 1.29 is 4.42 Å². The molecule has 2 heterocycles. The number of furan rings is 1. The van der Waals surface area contributed by atoms with Gasteiger partial charge >= 0.3 is 0 Å². The SMILES string of the molecule is CC1(C)c2cc3ccccc3cc2-c2c(-c3cc(-c4ccc5c(c4)oc4ccccc45)cc(-c4cc(-c5ccc(-c6ccccc6)cc5)nc(-c5ccccc5)n4)c3)cccc21. The summed E-state index contributed by atoms with van der Waals surface area (Å²) in [6.07, 6.45) is 0. The minimum absolute atomic E-state index is 0.167. The summed E-state index contributed by atoms with van der Waals surface area (Å²) in [5.74, 6) is 0.684. The predicted molar refractivity (Wildman–Crippen MR) is 257 cm³/mol. The van der Waals surface area contributed by atoms with Crippen LogP contribution >= 0.6 is 0 Å². The molecule has 12 rings (SSSR count). The standard InChI is InChI=1S/C59H40N2O/c1-59(2)51-22-13-21-47(57(51)50-33-41-18-9-10-19-42(41)34-52(50)59)45-30-44(43-28-29-49-48-20-11-12-23-55(48)62-56(49)35-43)31-46(32-45)54-36-53(60-58(61-54)40-16-7-4-8-17-40)39-26-24-38(25-27-39)37-14-5-3-6-15-37/h3-36H,1-2H3. The smallest absolute Gasteiger partial charge is 0.160 e. The molecule has 0 amide bonds. The molecule has 0 saturated carbocycles. The molecule has 0 saturated heterocycles. The fourth-order valence-corrected chi connectivity index (χ4v) is 9.64. The van der Waals surface area contributed by atoms with Gasteiger partial charge in [0.25, 0.3) is 0 Å². The van der Waals surface area contributed by atoms with Crippen molar-refractivity contribution in [3.63, 3.8) is 0 Å². The number of hydrogen-bond acceptors (Lipinski definition) is 3.